The van der Waals surface area contributed by atoms with Gasteiger partial charge in [0.15, 0.2) is 0 Å². The van der Waals surface area contributed by atoms with Crippen molar-refractivity contribution in [1.82, 2.24) is 0 Å². The van der Waals surface area contributed by atoms with Gasteiger partial charge in [-0.05, 0) is 36.4 Å². The molecule has 0 fully saturated rings. The topological polar surface area (TPSA) is 86.0 Å². The van der Waals surface area contributed by atoms with Crippen molar-refractivity contribution in [2.24, 2.45) is 0 Å². The van der Waals surface area contributed by atoms with Crippen LogP contribution in [-0.4, -0.2) is 17.7 Å². The Bertz CT molecular complexity index is 961. The van der Waals surface area contributed by atoms with E-state index in [-0.39, 0.29) is 24.2 Å². The Morgan fingerprint density at radius 3 is 2.56 bits per heavy atom. The molecule has 3 aromatic rings. The molecule has 0 aliphatic rings. The molecule has 1 N–H and O–H groups in total. The molecule has 0 aliphatic heterocycles. The van der Waals surface area contributed by atoms with Crippen LogP contribution < -0.4 is 14.9 Å². The number of carbonyl (C=O) groups is 1. The molecule has 0 unspecified atom stereocenters. The molecule has 0 saturated carbocycles. The second-order valence-electron chi connectivity index (χ2n) is 5.14. The van der Waals surface area contributed by atoms with Crippen molar-refractivity contribution in [3.8, 4) is 17.2 Å². The van der Waals surface area contributed by atoms with E-state index in [0.717, 1.165) is 0 Å². The Morgan fingerprint density at radius 1 is 1.12 bits per heavy atom. The molecular weight excluding hydrogens is 348 g/mol. The van der Waals surface area contributed by atoms with Crippen molar-refractivity contribution >= 4 is 28.5 Å². The molecule has 7 heteroatoms. The van der Waals surface area contributed by atoms with Crippen LogP contribution in [0.15, 0.2) is 57.9 Å². The molecule has 6 nitrogen and oxygen atoms in total. The fraction of sp³-hybridized carbons (Fsp3) is 0.111. The summed E-state index contributed by atoms with van der Waals surface area (Å²) < 4.78 is 16.3. The molecular formula is C18H13ClO6. The van der Waals surface area contributed by atoms with Gasteiger partial charge in [-0.3, -0.25) is 9.59 Å². The minimum Gasteiger partial charge on any atom is -0.493 e. The fourth-order valence-corrected chi connectivity index (χ4v) is 2.26. The molecule has 1 aromatic heterocycles. The number of halogens is 1. The fourth-order valence-electron chi connectivity index (χ4n) is 2.14. The normalized spacial score (nSPS) is 10.6. The maximum absolute atomic E-state index is 12.5. The number of carboxylic acids is 1. The number of hydrogen-bond donors (Lipinski definition) is 1. The number of rotatable bonds is 6. The van der Waals surface area contributed by atoms with Crippen molar-refractivity contribution < 1.29 is 23.8 Å². The Kier molecular flexibility index (Phi) is 4.90. The Labute approximate surface area is 147 Å². The van der Waals surface area contributed by atoms with Crippen LogP contribution in [0.3, 0.4) is 0 Å². The summed E-state index contributed by atoms with van der Waals surface area (Å²) in [5, 5.41) is 9.50. The molecule has 1 heterocycles. The Balaban J connectivity index is 1.83. The molecule has 128 valence electrons. The van der Waals surface area contributed by atoms with Gasteiger partial charge in [0, 0.05) is 11.1 Å². The summed E-state index contributed by atoms with van der Waals surface area (Å²) in [6, 6.07) is 11.3. The SMILES string of the molecule is O=C(O)CCOc1ccc2c(=O)c(Oc3ccc(Cl)cc3)coc2c1. The molecule has 0 amide bonds. The summed E-state index contributed by atoms with van der Waals surface area (Å²) in [6.45, 7) is 0.0306. The summed E-state index contributed by atoms with van der Waals surface area (Å²) >= 11 is 5.81. The summed E-state index contributed by atoms with van der Waals surface area (Å²) in [5.74, 6) is -0.0152. The highest BCUT2D eigenvalue weighted by molar-refractivity contribution is 6.30. The number of benzene rings is 2. The number of hydrogen-bond acceptors (Lipinski definition) is 5. The first-order valence-electron chi connectivity index (χ1n) is 7.36. The highest BCUT2D eigenvalue weighted by atomic mass is 35.5. The Morgan fingerprint density at radius 2 is 1.84 bits per heavy atom. The zero-order valence-electron chi connectivity index (χ0n) is 12.9. The third-order valence-electron chi connectivity index (χ3n) is 3.34. The maximum Gasteiger partial charge on any atom is 0.306 e. The van der Waals surface area contributed by atoms with Gasteiger partial charge in [-0.1, -0.05) is 11.6 Å². The van der Waals surface area contributed by atoms with E-state index in [9.17, 15) is 9.59 Å². The molecule has 25 heavy (non-hydrogen) atoms. The van der Waals surface area contributed by atoms with Gasteiger partial charge in [0.25, 0.3) is 0 Å². The summed E-state index contributed by atoms with van der Waals surface area (Å²) in [6.07, 6.45) is 1.11. The van der Waals surface area contributed by atoms with Crippen molar-refractivity contribution in [3.05, 3.63) is 64.0 Å². The third-order valence-corrected chi connectivity index (χ3v) is 3.59. The highest BCUT2D eigenvalue weighted by Crippen LogP contribution is 2.25. The van der Waals surface area contributed by atoms with Crippen molar-refractivity contribution in [2.45, 2.75) is 6.42 Å². The highest BCUT2D eigenvalue weighted by Gasteiger charge is 2.10. The van der Waals surface area contributed by atoms with E-state index in [1.807, 2.05) is 0 Å². The van der Waals surface area contributed by atoms with Crippen molar-refractivity contribution in [2.75, 3.05) is 6.61 Å². The molecule has 2 aromatic carbocycles. The first-order chi connectivity index (χ1) is 12.0. The largest absolute Gasteiger partial charge is 0.493 e. The average Bonchev–Trinajstić information content (AvgIpc) is 2.59. The number of carboxylic acid groups (broad SMARTS) is 1. The molecule has 0 spiro atoms. The van der Waals surface area contributed by atoms with Crippen LogP contribution in [0, 0.1) is 0 Å². The maximum atomic E-state index is 12.5. The lowest BCUT2D eigenvalue weighted by atomic mass is 10.2. The molecule has 0 atom stereocenters. The first kappa shape index (κ1) is 16.9. The third kappa shape index (κ3) is 4.10. The molecule has 3 rings (SSSR count). The minimum atomic E-state index is -0.948. The minimum absolute atomic E-state index is 0.0306. The molecule has 0 saturated heterocycles. The monoisotopic (exact) mass is 360 g/mol. The average molecular weight is 361 g/mol. The molecule has 0 bridgehead atoms. The smallest absolute Gasteiger partial charge is 0.306 e. The quantitative estimate of drug-likeness (QED) is 0.712. The number of ether oxygens (including phenoxy) is 2. The zero-order chi connectivity index (χ0) is 17.8. The van der Waals surface area contributed by atoms with Crippen molar-refractivity contribution in [1.29, 1.82) is 0 Å². The van der Waals surface area contributed by atoms with E-state index in [0.29, 0.717) is 27.5 Å². The van der Waals surface area contributed by atoms with Crippen LogP contribution in [0.25, 0.3) is 11.0 Å². The van der Waals surface area contributed by atoms with Crippen LogP contribution in [0.5, 0.6) is 17.2 Å². The number of aliphatic carboxylic acids is 1. The van der Waals surface area contributed by atoms with Gasteiger partial charge in [-0.2, -0.15) is 0 Å². The predicted octanol–water partition coefficient (Wildman–Crippen LogP) is 4.09. The van der Waals surface area contributed by atoms with E-state index in [1.54, 1.807) is 36.4 Å². The first-order valence-corrected chi connectivity index (χ1v) is 7.74. The van der Waals surface area contributed by atoms with Crippen LogP contribution in [0.4, 0.5) is 0 Å². The van der Waals surface area contributed by atoms with Gasteiger partial charge in [0.2, 0.25) is 11.2 Å². The van der Waals surface area contributed by atoms with Gasteiger partial charge in [-0.25, -0.2) is 0 Å². The zero-order valence-corrected chi connectivity index (χ0v) is 13.7. The van der Waals surface area contributed by atoms with Crippen LogP contribution in [0.2, 0.25) is 5.02 Å². The van der Waals surface area contributed by atoms with Crippen LogP contribution in [-0.2, 0) is 4.79 Å². The van der Waals surface area contributed by atoms with Gasteiger partial charge in [-0.15, -0.1) is 0 Å². The summed E-state index contributed by atoms with van der Waals surface area (Å²) in [4.78, 5) is 23.0. The van der Waals surface area contributed by atoms with E-state index in [1.165, 1.54) is 12.3 Å². The van der Waals surface area contributed by atoms with Crippen LogP contribution >= 0.6 is 11.6 Å². The van der Waals surface area contributed by atoms with E-state index < -0.39 is 5.97 Å². The lowest BCUT2D eigenvalue weighted by molar-refractivity contribution is -0.137. The molecule has 0 radical (unpaired) electrons. The number of fused-ring (bicyclic) bond motifs is 1. The molecule has 0 aliphatic carbocycles. The summed E-state index contributed by atoms with van der Waals surface area (Å²) in [7, 11) is 0. The van der Waals surface area contributed by atoms with Gasteiger partial charge >= 0.3 is 5.97 Å². The second kappa shape index (κ2) is 7.27. The predicted molar refractivity (Wildman–Crippen MR) is 91.8 cm³/mol. The Hall–Kier alpha value is -2.99. The second-order valence-corrected chi connectivity index (χ2v) is 5.57. The van der Waals surface area contributed by atoms with Gasteiger partial charge in [0.1, 0.15) is 23.3 Å². The standard InChI is InChI=1S/C18H13ClO6/c19-11-1-3-12(4-2-11)25-16-10-24-15-9-13(23-8-7-17(20)21)5-6-14(15)18(16)22/h1-6,9-10H,7-8H2,(H,20,21). The van der Waals surface area contributed by atoms with E-state index in [4.69, 9.17) is 30.6 Å². The lowest BCUT2D eigenvalue weighted by Gasteiger charge is -2.07. The van der Waals surface area contributed by atoms with Gasteiger partial charge < -0.3 is 19.0 Å². The summed E-state index contributed by atoms with van der Waals surface area (Å²) in [5.41, 5.74) is -0.00503. The van der Waals surface area contributed by atoms with E-state index in [2.05, 4.69) is 0 Å². The lowest BCUT2D eigenvalue weighted by Crippen LogP contribution is -2.06. The van der Waals surface area contributed by atoms with E-state index >= 15 is 0 Å². The van der Waals surface area contributed by atoms with Crippen molar-refractivity contribution in [3.63, 3.8) is 0 Å². The van der Waals surface area contributed by atoms with Crippen LogP contribution in [0.1, 0.15) is 6.42 Å². The van der Waals surface area contributed by atoms with Gasteiger partial charge in [0.05, 0.1) is 18.4 Å².